The van der Waals surface area contributed by atoms with Gasteiger partial charge >= 0.3 is 5.97 Å². The van der Waals surface area contributed by atoms with Crippen LogP contribution in [0.25, 0.3) is 11.3 Å². The van der Waals surface area contributed by atoms with Crippen LogP contribution in [0.15, 0.2) is 24.3 Å². The lowest BCUT2D eigenvalue weighted by molar-refractivity contribution is 0.0691. The zero-order chi connectivity index (χ0) is 14.8. The van der Waals surface area contributed by atoms with E-state index in [2.05, 4.69) is 10.3 Å². The molecule has 0 bridgehead atoms. The molecular formula is C15H17N3O3. The molecule has 1 fully saturated rings. The van der Waals surface area contributed by atoms with Crippen molar-refractivity contribution in [2.75, 3.05) is 7.11 Å². The second-order valence-electron chi connectivity index (χ2n) is 5.27. The molecule has 0 amide bonds. The van der Waals surface area contributed by atoms with Crippen molar-refractivity contribution in [3.05, 3.63) is 30.0 Å². The molecule has 2 aromatic rings. The standard InChI is InChI=1S/C15H17N3O3/c1-21-12-8-3-2-7-11(12)14-13(15(19)20)16-17-18(14)9-10-5-4-6-10/h2-3,7-8,10H,4-6,9H2,1H3,(H,19,20). The number of aromatic nitrogens is 3. The molecule has 0 spiro atoms. The van der Waals surface area contributed by atoms with Crippen molar-refractivity contribution >= 4 is 5.97 Å². The molecule has 1 aliphatic rings. The van der Waals surface area contributed by atoms with Gasteiger partial charge in [0.05, 0.1) is 7.11 Å². The number of aromatic carboxylic acids is 1. The summed E-state index contributed by atoms with van der Waals surface area (Å²) in [6.45, 7) is 0.702. The van der Waals surface area contributed by atoms with Crippen LogP contribution in [-0.2, 0) is 6.54 Å². The van der Waals surface area contributed by atoms with Crippen molar-refractivity contribution in [3.8, 4) is 17.0 Å². The second kappa shape index (κ2) is 5.55. The number of carboxylic acid groups (broad SMARTS) is 1. The number of methoxy groups -OCH3 is 1. The molecule has 0 saturated heterocycles. The van der Waals surface area contributed by atoms with Gasteiger partial charge in [-0.25, -0.2) is 9.48 Å². The van der Waals surface area contributed by atoms with Gasteiger partial charge in [0, 0.05) is 12.1 Å². The third kappa shape index (κ3) is 2.49. The minimum atomic E-state index is -1.07. The molecule has 0 unspecified atom stereocenters. The van der Waals surface area contributed by atoms with E-state index in [0.29, 0.717) is 29.5 Å². The van der Waals surface area contributed by atoms with Crippen LogP contribution in [0.3, 0.4) is 0 Å². The van der Waals surface area contributed by atoms with Crippen molar-refractivity contribution in [3.63, 3.8) is 0 Å². The fraction of sp³-hybridized carbons (Fsp3) is 0.400. The number of para-hydroxylation sites is 1. The van der Waals surface area contributed by atoms with E-state index in [-0.39, 0.29) is 5.69 Å². The number of carboxylic acids is 1. The SMILES string of the molecule is COc1ccccc1-c1c(C(=O)O)nnn1CC1CCC1. The zero-order valence-corrected chi connectivity index (χ0v) is 11.8. The number of rotatable bonds is 5. The predicted molar refractivity (Wildman–Crippen MR) is 76.3 cm³/mol. The molecule has 1 aromatic carbocycles. The number of carbonyl (C=O) groups is 1. The average molecular weight is 287 g/mol. The van der Waals surface area contributed by atoms with Gasteiger partial charge in [0.25, 0.3) is 0 Å². The first-order chi connectivity index (χ1) is 10.2. The maximum Gasteiger partial charge on any atom is 0.358 e. The number of benzene rings is 1. The summed E-state index contributed by atoms with van der Waals surface area (Å²) in [5.74, 6) is 0.106. The van der Waals surface area contributed by atoms with Gasteiger partial charge in [0.1, 0.15) is 11.4 Å². The minimum Gasteiger partial charge on any atom is -0.496 e. The first-order valence-corrected chi connectivity index (χ1v) is 7.01. The summed E-state index contributed by atoms with van der Waals surface area (Å²) < 4.78 is 7.04. The van der Waals surface area contributed by atoms with E-state index in [1.54, 1.807) is 11.8 Å². The van der Waals surface area contributed by atoms with Crippen LogP contribution >= 0.6 is 0 Å². The van der Waals surface area contributed by atoms with Crippen LogP contribution < -0.4 is 4.74 Å². The molecule has 1 N–H and O–H groups in total. The largest absolute Gasteiger partial charge is 0.496 e. The van der Waals surface area contributed by atoms with E-state index < -0.39 is 5.97 Å². The normalized spacial score (nSPS) is 14.7. The van der Waals surface area contributed by atoms with Crippen LogP contribution in [0, 0.1) is 5.92 Å². The summed E-state index contributed by atoms with van der Waals surface area (Å²) in [4.78, 5) is 11.4. The number of nitrogens with zero attached hydrogens (tertiary/aromatic N) is 3. The Morgan fingerprint density at radius 3 is 2.81 bits per heavy atom. The first-order valence-electron chi connectivity index (χ1n) is 7.01. The number of hydrogen-bond acceptors (Lipinski definition) is 4. The fourth-order valence-corrected chi connectivity index (χ4v) is 2.61. The van der Waals surface area contributed by atoms with Crippen molar-refractivity contribution in [1.82, 2.24) is 15.0 Å². The molecule has 3 rings (SSSR count). The highest BCUT2D eigenvalue weighted by molar-refractivity contribution is 5.93. The van der Waals surface area contributed by atoms with E-state index in [1.807, 2.05) is 24.3 Å². The van der Waals surface area contributed by atoms with Gasteiger partial charge < -0.3 is 9.84 Å². The first kappa shape index (κ1) is 13.6. The molecule has 1 saturated carbocycles. The molecular weight excluding hydrogens is 270 g/mol. The number of hydrogen-bond donors (Lipinski definition) is 1. The monoisotopic (exact) mass is 287 g/mol. The van der Waals surface area contributed by atoms with Gasteiger partial charge in [0.2, 0.25) is 0 Å². The number of ether oxygens (including phenoxy) is 1. The summed E-state index contributed by atoms with van der Waals surface area (Å²) in [5, 5.41) is 17.2. The van der Waals surface area contributed by atoms with Gasteiger partial charge in [-0.2, -0.15) is 0 Å². The van der Waals surface area contributed by atoms with Gasteiger partial charge in [-0.05, 0) is 30.9 Å². The third-order valence-electron chi connectivity index (χ3n) is 3.96. The van der Waals surface area contributed by atoms with Crippen molar-refractivity contribution in [1.29, 1.82) is 0 Å². The Labute approximate surface area is 122 Å². The summed E-state index contributed by atoms with van der Waals surface area (Å²) in [6, 6.07) is 7.34. The highest BCUT2D eigenvalue weighted by Crippen LogP contribution is 2.34. The van der Waals surface area contributed by atoms with Gasteiger partial charge in [-0.1, -0.05) is 23.8 Å². The molecule has 6 nitrogen and oxygen atoms in total. The molecule has 1 aliphatic carbocycles. The predicted octanol–water partition coefficient (Wildman–Crippen LogP) is 2.45. The fourth-order valence-electron chi connectivity index (χ4n) is 2.61. The van der Waals surface area contributed by atoms with E-state index in [0.717, 1.165) is 12.8 Å². The quantitative estimate of drug-likeness (QED) is 0.914. The Bertz CT molecular complexity index is 662. The topological polar surface area (TPSA) is 77.2 Å². The van der Waals surface area contributed by atoms with Crippen molar-refractivity contribution in [2.24, 2.45) is 5.92 Å². The van der Waals surface area contributed by atoms with Gasteiger partial charge in [-0.3, -0.25) is 0 Å². The summed E-state index contributed by atoms with van der Waals surface area (Å²) in [6.07, 6.45) is 3.55. The Balaban J connectivity index is 2.08. The van der Waals surface area contributed by atoms with Crippen molar-refractivity contribution in [2.45, 2.75) is 25.8 Å². The molecule has 110 valence electrons. The molecule has 1 aromatic heterocycles. The second-order valence-corrected chi connectivity index (χ2v) is 5.27. The lowest BCUT2D eigenvalue weighted by Gasteiger charge is -2.25. The lowest BCUT2D eigenvalue weighted by Crippen LogP contribution is -2.19. The highest BCUT2D eigenvalue weighted by Gasteiger charge is 2.26. The van der Waals surface area contributed by atoms with Gasteiger partial charge in [0.15, 0.2) is 5.69 Å². The van der Waals surface area contributed by atoms with Gasteiger partial charge in [-0.15, -0.1) is 5.10 Å². The smallest absolute Gasteiger partial charge is 0.358 e. The summed E-state index contributed by atoms with van der Waals surface area (Å²) >= 11 is 0. The molecule has 0 atom stereocenters. The molecule has 0 aliphatic heterocycles. The van der Waals surface area contributed by atoms with E-state index in [1.165, 1.54) is 6.42 Å². The third-order valence-corrected chi connectivity index (χ3v) is 3.96. The van der Waals surface area contributed by atoms with Crippen LogP contribution in [0.2, 0.25) is 0 Å². The Kier molecular flexibility index (Phi) is 3.60. The van der Waals surface area contributed by atoms with E-state index >= 15 is 0 Å². The van der Waals surface area contributed by atoms with Crippen LogP contribution in [-0.4, -0.2) is 33.2 Å². The van der Waals surface area contributed by atoms with Crippen LogP contribution in [0.4, 0.5) is 0 Å². The average Bonchev–Trinajstić information content (AvgIpc) is 2.86. The maximum absolute atomic E-state index is 11.4. The molecule has 1 heterocycles. The maximum atomic E-state index is 11.4. The molecule has 6 heteroatoms. The van der Waals surface area contributed by atoms with E-state index in [4.69, 9.17) is 4.74 Å². The van der Waals surface area contributed by atoms with E-state index in [9.17, 15) is 9.90 Å². The zero-order valence-electron chi connectivity index (χ0n) is 11.8. The van der Waals surface area contributed by atoms with Crippen LogP contribution in [0.5, 0.6) is 5.75 Å². The lowest BCUT2D eigenvalue weighted by atomic mass is 9.85. The Morgan fingerprint density at radius 1 is 1.43 bits per heavy atom. The molecule has 21 heavy (non-hydrogen) atoms. The summed E-state index contributed by atoms with van der Waals surface area (Å²) in [5.41, 5.74) is 1.20. The Morgan fingerprint density at radius 2 is 2.19 bits per heavy atom. The minimum absolute atomic E-state index is 0.0289. The summed E-state index contributed by atoms with van der Waals surface area (Å²) in [7, 11) is 1.57. The highest BCUT2D eigenvalue weighted by atomic mass is 16.5. The molecule has 0 radical (unpaired) electrons. The van der Waals surface area contributed by atoms with Crippen LogP contribution in [0.1, 0.15) is 29.8 Å². The Hall–Kier alpha value is -2.37. The van der Waals surface area contributed by atoms with Crippen molar-refractivity contribution < 1.29 is 14.6 Å².